The molecular formula is C67H108O6. The quantitative estimate of drug-likeness (QED) is 0.0199. The Morgan fingerprint density at radius 3 is 1.03 bits per heavy atom. The molecule has 0 saturated carbocycles. The SMILES string of the molecule is CC/C=C\C/C=C\C/C=C\C/C=C\CCCCCCCCC(=O)OCC(COC(=O)CCCCCCC/C=C\C=C/CCCCCCCCC)OC(=O)CCCCCCC\C=C/C=C\C=C/C=C\C=C/CCC. The average Bonchev–Trinajstić information content (AvgIpc) is 3.39. The third-order valence-electron chi connectivity index (χ3n) is 12.2. The Bertz CT molecular complexity index is 1580. The Morgan fingerprint density at radius 2 is 0.616 bits per heavy atom. The molecule has 1 atom stereocenters. The van der Waals surface area contributed by atoms with Gasteiger partial charge in [0.05, 0.1) is 0 Å². The highest BCUT2D eigenvalue weighted by Crippen LogP contribution is 2.14. The maximum absolute atomic E-state index is 12.9. The molecule has 1 unspecified atom stereocenters. The number of rotatable bonds is 52. The van der Waals surface area contributed by atoms with Gasteiger partial charge in [-0.25, -0.2) is 0 Å². The number of esters is 3. The van der Waals surface area contributed by atoms with Crippen LogP contribution in [0.1, 0.15) is 252 Å². The Hall–Kier alpha value is -4.45. The van der Waals surface area contributed by atoms with Gasteiger partial charge in [-0.3, -0.25) is 14.4 Å². The fourth-order valence-corrected chi connectivity index (χ4v) is 7.81. The van der Waals surface area contributed by atoms with Gasteiger partial charge in [-0.2, -0.15) is 0 Å². The summed E-state index contributed by atoms with van der Waals surface area (Å²) in [4.78, 5) is 38.3. The second-order valence-corrected chi connectivity index (χ2v) is 19.3. The van der Waals surface area contributed by atoms with Crippen molar-refractivity contribution in [3.05, 3.63) is 134 Å². The van der Waals surface area contributed by atoms with Crippen LogP contribution in [0.4, 0.5) is 0 Å². The van der Waals surface area contributed by atoms with Crippen LogP contribution >= 0.6 is 0 Å². The molecule has 0 bridgehead atoms. The van der Waals surface area contributed by atoms with Gasteiger partial charge in [0.15, 0.2) is 6.10 Å². The van der Waals surface area contributed by atoms with Crippen molar-refractivity contribution < 1.29 is 28.6 Å². The second kappa shape index (κ2) is 60.1. The molecule has 73 heavy (non-hydrogen) atoms. The van der Waals surface area contributed by atoms with Crippen LogP contribution in [0.5, 0.6) is 0 Å². The molecule has 0 rings (SSSR count). The van der Waals surface area contributed by atoms with Crippen LogP contribution in [-0.4, -0.2) is 37.2 Å². The Kier molecular flexibility index (Phi) is 56.4. The lowest BCUT2D eigenvalue weighted by atomic mass is 10.1. The third kappa shape index (κ3) is 58.3. The zero-order chi connectivity index (χ0) is 52.9. The molecule has 0 aromatic carbocycles. The molecule has 0 N–H and O–H groups in total. The van der Waals surface area contributed by atoms with Crippen LogP contribution in [0.15, 0.2) is 134 Å². The van der Waals surface area contributed by atoms with Crippen LogP contribution in [0, 0.1) is 0 Å². The van der Waals surface area contributed by atoms with Crippen molar-refractivity contribution in [2.45, 2.75) is 258 Å². The largest absolute Gasteiger partial charge is 0.462 e. The van der Waals surface area contributed by atoms with Crippen molar-refractivity contribution >= 4 is 17.9 Å². The summed E-state index contributed by atoms with van der Waals surface area (Å²) in [7, 11) is 0. The number of unbranched alkanes of at least 4 members (excludes halogenated alkanes) is 24. The zero-order valence-electron chi connectivity index (χ0n) is 47.1. The van der Waals surface area contributed by atoms with Crippen molar-refractivity contribution in [1.82, 2.24) is 0 Å². The van der Waals surface area contributed by atoms with E-state index in [2.05, 4.69) is 130 Å². The lowest BCUT2D eigenvalue weighted by molar-refractivity contribution is -0.167. The van der Waals surface area contributed by atoms with Gasteiger partial charge >= 0.3 is 17.9 Å². The van der Waals surface area contributed by atoms with Crippen molar-refractivity contribution in [3.8, 4) is 0 Å². The number of hydrogen-bond acceptors (Lipinski definition) is 6. The Labute approximate surface area is 449 Å². The molecule has 0 spiro atoms. The Morgan fingerprint density at radius 1 is 0.301 bits per heavy atom. The monoisotopic (exact) mass is 1010 g/mol. The summed E-state index contributed by atoms with van der Waals surface area (Å²) in [6.07, 6.45) is 84.3. The highest BCUT2D eigenvalue weighted by atomic mass is 16.6. The molecule has 0 aromatic heterocycles. The van der Waals surface area contributed by atoms with E-state index in [1.54, 1.807) is 0 Å². The van der Waals surface area contributed by atoms with E-state index in [0.717, 1.165) is 141 Å². The molecule has 412 valence electrons. The summed E-state index contributed by atoms with van der Waals surface area (Å²) in [5, 5.41) is 0. The van der Waals surface area contributed by atoms with Gasteiger partial charge in [0.25, 0.3) is 0 Å². The van der Waals surface area contributed by atoms with E-state index in [9.17, 15) is 14.4 Å². The lowest BCUT2D eigenvalue weighted by Gasteiger charge is -2.18. The van der Waals surface area contributed by atoms with Crippen LogP contribution in [0.25, 0.3) is 0 Å². The van der Waals surface area contributed by atoms with Gasteiger partial charge in [-0.15, -0.1) is 0 Å². The molecule has 0 aliphatic rings. The van der Waals surface area contributed by atoms with Crippen molar-refractivity contribution in [2.75, 3.05) is 13.2 Å². The molecule has 0 aliphatic carbocycles. The summed E-state index contributed by atoms with van der Waals surface area (Å²) in [6, 6.07) is 0. The van der Waals surface area contributed by atoms with Gasteiger partial charge in [0, 0.05) is 19.3 Å². The smallest absolute Gasteiger partial charge is 0.306 e. The first kappa shape index (κ1) is 68.6. The minimum absolute atomic E-state index is 0.106. The number of carbonyl (C=O) groups excluding carboxylic acids is 3. The van der Waals surface area contributed by atoms with Gasteiger partial charge in [0.2, 0.25) is 0 Å². The molecule has 0 aromatic rings. The van der Waals surface area contributed by atoms with Gasteiger partial charge in [0.1, 0.15) is 13.2 Å². The normalized spacial score (nSPS) is 13.1. The number of carbonyl (C=O) groups is 3. The van der Waals surface area contributed by atoms with E-state index in [1.165, 1.54) is 70.6 Å². The highest BCUT2D eigenvalue weighted by molar-refractivity contribution is 5.71. The minimum atomic E-state index is -0.811. The minimum Gasteiger partial charge on any atom is -0.462 e. The lowest BCUT2D eigenvalue weighted by Crippen LogP contribution is -2.30. The van der Waals surface area contributed by atoms with Crippen LogP contribution in [-0.2, 0) is 28.6 Å². The molecular weight excluding hydrogens is 901 g/mol. The average molecular weight is 1010 g/mol. The van der Waals surface area contributed by atoms with Crippen molar-refractivity contribution in [1.29, 1.82) is 0 Å². The van der Waals surface area contributed by atoms with Crippen molar-refractivity contribution in [3.63, 3.8) is 0 Å². The van der Waals surface area contributed by atoms with E-state index < -0.39 is 6.10 Å². The molecule has 0 heterocycles. The summed E-state index contributed by atoms with van der Waals surface area (Å²) < 4.78 is 16.9. The zero-order valence-corrected chi connectivity index (χ0v) is 47.1. The molecule has 0 fully saturated rings. The van der Waals surface area contributed by atoms with E-state index in [4.69, 9.17) is 14.2 Å². The fourth-order valence-electron chi connectivity index (χ4n) is 7.81. The van der Waals surface area contributed by atoms with E-state index in [1.807, 2.05) is 24.3 Å². The fraction of sp³-hybridized carbons (Fsp3) is 0.627. The topological polar surface area (TPSA) is 78.9 Å². The number of ether oxygens (including phenoxy) is 3. The van der Waals surface area contributed by atoms with Crippen LogP contribution < -0.4 is 0 Å². The maximum atomic E-state index is 12.9. The van der Waals surface area contributed by atoms with Gasteiger partial charge in [-0.1, -0.05) is 264 Å². The van der Waals surface area contributed by atoms with Gasteiger partial charge < -0.3 is 14.2 Å². The summed E-state index contributed by atoms with van der Waals surface area (Å²) in [5.41, 5.74) is 0. The van der Waals surface area contributed by atoms with Crippen LogP contribution in [0.3, 0.4) is 0 Å². The Balaban J connectivity index is 4.52. The highest BCUT2D eigenvalue weighted by Gasteiger charge is 2.19. The summed E-state index contributed by atoms with van der Waals surface area (Å²) in [6.45, 7) is 6.39. The first-order chi connectivity index (χ1) is 36.0. The molecule has 6 nitrogen and oxygen atoms in total. The molecule has 0 radical (unpaired) electrons. The van der Waals surface area contributed by atoms with E-state index in [-0.39, 0.29) is 37.5 Å². The molecule has 0 amide bonds. The molecule has 0 saturated heterocycles. The molecule has 0 aliphatic heterocycles. The first-order valence-electron chi connectivity index (χ1n) is 29.8. The molecule has 6 heteroatoms. The predicted octanol–water partition coefficient (Wildman–Crippen LogP) is 20.2. The summed E-state index contributed by atoms with van der Waals surface area (Å²) >= 11 is 0. The standard InChI is InChI=1S/C67H108O6/c1-4-7-10-13-16-19-22-25-28-31-34-37-39-42-45-48-51-54-57-60-66(69)72-63-64(73-67(70)61-58-55-52-49-46-43-40-36-33-30-27-24-21-18-15-12-9-6-3)62-71-65(68)59-56-53-50-47-44-41-38-35-32-29-26-23-20-17-14-11-8-5-2/h7,10,12,15-16,18-19,21,24-25,27-30,32-38,40,64H,4-6,8-9,11,13-14,17,20,22-23,26,31,39,41-63H2,1-3H3/b10-7-,15-12-,19-16-,21-18-,27-24-,28-25-,32-29-,33-30-,37-34-,38-35-,40-36-. The number of hydrogen-bond donors (Lipinski definition) is 0. The predicted molar refractivity (Wildman–Crippen MR) is 316 cm³/mol. The maximum Gasteiger partial charge on any atom is 0.306 e. The third-order valence-corrected chi connectivity index (χ3v) is 12.2. The first-order valence-corrected chi connectivity index (χ1v) is 29.8. The summed E-state index contributed by atoms with van der Waals surface area (Å²) in [5.74, 6) is -0.960. The van der Waals surface area contributed by atoms with Crippen molar-refractivity contribution in [2.24, 2.45) is 0 Å². The number of allylic oxidation sites excluding steroid dienone is 22. The second-order valence-electron chi connectivity index (χ2n) is 19.3. The van der Waals surface area contributed by atoms with Crippen LogP contribution in [0.2, 0.25) is 0 Å². The van der Waals surface area contributed by atoms with E-state index in [0.29, 0.717) is 12.8 Å². The van der Waals surface area contributed by atoms with E-state index >= 15 is 0 Å². The van der Waals surface area contributed by atoms with Gasteiger partial charge in [-0.05, 0) is 103 Å².